The molecule has 0 spiro atoms. The van der Waals surface area contributed by atoms with Gasteiger partial charge in [-0.2, -0.15) is 0 Å². The highest BCUT2D eigenvalue weighted by Gasteiger charge is 2.44. The summed E-state index contributed by atoms with van der Waals surface area (Å²) in [4.78, 5) is 1.98. The van der Waals surface area contributed by atoms with E-state index in [9.17, 15) is 0 Å². The predicted octanol–water partition coefficient (Wildman–Crippen LogP) is -0.247. The van der Waals surface area contributed by atoms with Crippen molar-refractivity contribution in [2.24, 2.45) is 0 Å². The Balaban J connectivity index is 4.61. The van der Waals surface area contributed by atoms with Gasteiger partial charge in [-0.3, -0.25) is 4.90 Å². The van der Waals surface area contributed by atoms with Crippen molar-refractivity contribution in [2.75, 3.05) is 62.0 Å². The Labute approximate surface area is 112 Å². The molecule has 0 bridgehead atoms. The van der Waals surface area contributed by atoms with Crippen LogP contribution in [0.2, 0.25) is 0 Å². The van der Waals surface area contributed by atoms with E-state index >= 15 is 0 Å². The largest absolute Gasteiger partial charge is 0.514 e. The van der Waals surface area contributed by atoms with Crippen LogP contribution >= 0.6 is 0 Å². The summed E-state index contributed by atoms with van der Waals surface area (Å²) < 4.78 is 32.2. The molecule has 0 fully saturated rings. The van der Waals surface area contributed by atoms with Crippen molar-refractivity contribution in [3.05, 3.63) is 0 Å². The molecule has 0 saturated heterocycles. The minimum absolute atomic E-state index is 0.529. The van der Waals surface area contributed by atoms with E-state index in [1.54, 1.807) is 42.7 Å². The second kappa shape index (κ2) is 8.35. The number of nitrogens with zero attached hydrogens (tertiary/aromatic N) is 1. The Morgan fingerprint density at radius 2 is 0.833 bits per heavy atom. The molecule has 0 radical (unpaired) electrons. The fraction of sp³-hybridized carbons (Fsp3) is 1.00. The molecule has 0 aromatic heterocycles. The molecule has 0 aliphatic carbocycles. The van der Waals surface area contributed by atoms with E-state index in [4.69, 9.17) is 26.6 Å². The molecule has 0 aromatic carbocycles. The van der Waals surface area contributed by atoms with Crippen LogP contribution in [0.25, 0.3) is 0 Å². The van der Waals surface area contributed by atoms with Crippen molar-refractivity contribution in [3.63, 3.8) is 0 Å². The average Bonchev–Trinajstić information content (AvgIpc) is 2.42. The van der Waals surface area contributed by atoms with Crippen LogP contribution in [0.5, 0.6) is 0 Å². The lowest BCUT2D eigenvalue weighted by atomic mass is 11.0. The van der Waals surface area contributed by atoms with Crippen molar-refractivity contribution < 1.29 is 26.6 Å². The topological polar surface area (TPSA) is 58.6 Å². The highest BCUT2D eigenvalue weighted by molar-refractivity contribution is 6.62. The number of rotatable bonds is 10. The first-order valence-corrected chi connectivity index (χ1v) is 9.32. The Kier molecular flexibility index (Phi) is 8.42. The molecule has 0 rings (SSSR count). The SMILES string of the molecule is CO[Si](CN(C)C[Si](OC)(OC)OC)(OC)OC. The summed E-state index contributed by atoms with van der Waals surface area (Å²) in [5.74, 6) is 0. The maximum absolute atomic E-state index is 5.37. The van der Waals surface area contributed by atoms with E-state index < -0.39 is 17.6 Å². The quantitative estimate of drug-likeness (QED) is 0.516. The maximum atomic E-state index is 5.37. The summed E-state index contributed by atoms with van der Waals surface area (Å²) in [7, 11) is 6.14. The average molecular weight is 299 g/mol. The molecule has 0 atom stereocenters. The van der Waals surface area contributed by atoms with Crippen LogP contribution in [0.15, 0.2) is 0 Å². The zero-order valence-corrected chi connectivity index (χ0v) is 14.3. The molecule has 0 saturated carbocycles. The predicted molar refractivity (Wildman–Crippen MR) is 71.1 cm³/mol. The van der Waals surface area contributed by atoms with Gasteiger partial charge >= 0.3 is 17.6 Å². The Morgan fingerprint density at radius 3 is 1.00 bits per heavy atom. The second-order valence-electron chi connectivity index (χ2n) is 3.76. The number of hydrogen-bond acceptors (Lipinski definition) is 7. The van der Waals surface area contributed by atoms with Gasteiger partial charge in [0.2, 0.25) is 0 Å². The molecule has 18 heavy (non-hydrogen) atoms. The van der Waals surface area contributed by atoms with Crippen molar-refractivity contribution >= 4 is 17.6 Å². The molecular weight excluding hydrogens is 274 g/mol. The van der Waals surface area contributed by atoms with Gasteiger partial charge in [0.1, 0.15) is 0 Å². The Hall–Kier alpha value is 0.154. The van der Waals surface area contributed by atoms with E-state index in [0.29, 0.717) is 12.3 Å². The first-order chi connectivity index (χ1) is 8.46. The molecule has 110 valence electrons. The third kappa shape index (κ3) is 4.68. The van der Waals surface area contributed by atoms with Crippen LogP contribution in [-0.4, -0.2) is 84.6 Å². The van der Waals surface area contributed by atoms with Gasteiger partial charge in [0, 0.05) is 42.7 Å². The van der Waals surface area contributed by atoms with Gasteiger partial charge in [-0.05, 0) is 7.05 Å². The first kappa shape index (κ1) is 18.2. The fourth-order valence-electron chi connectivity index (χ4n) is 1.60. The Morgan fingerprint density at radius 1 is 0.611 bits per heavy atom. The molecule has 0 aromatic rings. The lowest BCUT2D eigenvalue weighted by Crippen LogP contribution is -2.58. The van der Waals surface area contributed by atoms with Gasteiger partial charge in [-0.25, -0.2) is 0 Å². The van der Waals surface area contributed by atoms with Gasteiger partial charge in [0.05, 0.1) is 12.3 Å². The molecule has 0 unspecified atom stereocenters. The van der Waals surface area contributed by atoms with Crippen molar-refractivity contribution in [1.29, 1.82) is 0 Å². The summed E-state index contributed by atoms with van der Waals surface area (Å²) in [6, 6.07) is 0. The lowest BCUT2D eigenvalue weighted by molar-refractivity contribution is 0.0912. The first-order valence-electron chi connectivity index (χ1n) is 5.46. The van der Waals surface area contributed by atoms with Crippen molar-refractivity contribution in [3.8, 4) is 0 Å². The second-order valence-corrected chi connectivity index (χ2v) is 9.58. The zero-order valence-electron chi connectivity index (χ0n) is 12.3. The minimum Gasteiger partial charge on any atom is -0.376 e. The summed E-state index contributed by atoms with van der Waals surface area (Å²) in [5, 5.41) is 0. The molecule has 0 heterocycles. The molecule has 0 aliphatic rings. The maximum Gasteiger partial charge on any atom is 0.514 e. The third-order valence-electron chi connectivity index (χ3n) is 2.79. The molecule has 7 nitrogen and oxygen atoms in total. The molecule has 0 aliphatic heterocycles. The van der Waals surface area contributed by atoms with Crippen LogP contribution in [0.3, 0.4) is 0 Å². The van der Waals surface area contributed by atoms with Gasteiger partial charge in [0.15, 0.2) is 0 Å². The third-order valence-corrected chi connectivity index (χ3v) is 8.38. The van der Waals surface area contributed by atoms with E-state index in [-0.39, 0.29) is 0 Å². The molecular formula is C9H25NO6Si2. The van der Waals surface area contributed by atoms with Crippen LogP contribution in [-0.2, 0) is 26.6 Å². The lowest BCUT2D eigenvalue weighted by Gasteiger charge is -2.33. The van der Waals surface area contributed by atoms with Crippen molar-refractivity contribution in [2.45, 2.75) is 0 Å². The van der Waals surface area contributed by atoms with E-state index in [2.05, 4.69) is 0 Å². The van der Waals surface area contributed by atoms with Crippen LogP contribution in [0, 0.1) is 0 Å². The van der Waals surface area contributed by atoms with Gasteiger partial charge in [-0.15, -0.1) is 0 Å². The smallest absolute Gasteiger partial charge is 0.376 e. The van der Waals surface area contributed by atoms with Crippen LogP contribution in [0.1, 0.15) is 0 Å². The van der Waals surface area contributed by atoms with Crippen LogP contribution in [0.4, 0.5) is 0 Å². The molecule has 9 heteroatoms. The van der Waals surface area contributed by atoms with E-state index in [1.807, 2.05) is 11.9 Å². The zero-order chi connectivity index (χ0) is 14.2. The summed E-state index contributed by atoms with van der Waals surface area (Å²) in [6.07, 6.45) is 1.06. The summed E-state index contributed by atoms with van der Waals surface area (Å²) >= 11 is 0. The monoisotopic (exact) mass is 299 g/mol. The Bertz CT molecular complexity index is 187. The number of hydrogen-bond donors (Lipinski definition) is 0. The highest BCUT2D eigenvalue weighted by atomic mass is 28.4. The fourth-order valence-corrected chi connectivity index (χ4v) is 5.15. The van der Waals surface area contributed by atoms with Crippen molar-refractivity contribution in [1.82, 2.24) is 4.90 Å². The van der Waals surface area contributed by atoms with E-state index in [0.717, 1.165) is 0 Å². The normalized spacial score (nSPS) is 13.3. The summed E-state index contributed by atoms with van der Waals surface area (Å²) in [5.41, 5.74) is 0. The minimum atomic E-state index is -2.64. The van der Waals surface area contributed by atoms with Gasteiger partial charge in [-0.1, -0.05) is 0 Å². The van der Waals surface area contributed by atoms with Crippen LogP contribution < -0.4 is 0 Å². The van der Waals surface area contributed by atoms with E-state index in [1.165, 1.54) is 0 Å². The van der Waals surface area contributed by atoms with Gasteiger partial charge in [0.25, 0.3) is 0 Å². The summed E-state index contributed by atoms with van der Waals surface area (Å²) in [6.45, 7) is 0. The standard InChI is InChI=1S/C9H25NO6Si2/c1-10(8-17(11-2,12-3)13-4)9-18(14-5,15-6)16-7/h8-9H2,1-7H3. The molecule has 0 amide bonds. The molecule has 0 N–H and O–H groups in total. The van der Waals surface area contributed by atoms with Gasteiger partial charge < -0.3 is 26.6 Å². The highest BCUT2D eigenvalue weighted by Crippen LogP contribution is 2.12.